The summed E-state index contributed by atoms with van der Waals surface area (Å²) in [6, 6.07) is 4.67. The molecule has 5 heteroatoms. The van der Waals surface area contributed by atoms with Crippen molar-refractivity contribution in [1.29, 1.82) is 0 Å². The molecule has 0 spiro atoms. The third-order valence-corrected chi connectivity index (χ3v) is 2.93. The van der Waals surface area contributed by atoms with E-state index in [2.05, 4.69) is 0 Å². The molecule has 1 aromatic rings. The molecule has 96 valence electrons. The Morgan fingerprint density at radius 3 is 2.72 bits per heavy atom. The lowest BCUT2D eigenvalue weighted by Crippen LogP contribution is -1.97. The van der Waals surface area contributed by atoms with E-state index in [1.54, 1.807) is 12.1 Å². The Morgan fingerprint density at radius 2 is 2.17 bits per heavy atom. The Bertz CT molecular complexity index is 480. The zero-order chi connectivity index (χ0) is 13.5. The number of carbonyl (C=O) groups is 2. The monoisotopic (exact) mass is 266 g/mol. The fourth-order valence-corrected chi connectivity index (χ4v) is 1.75. The predicted octanol–water partition coefficient (Wildman–Crippen LogP) is 2.69. The van der Waals surface area contributed by atoms with Crippen LogP contribution in [0.1, 0.15) is 22.8 Å². The van der Waals surface area contributed by atoms with Crippen LogP contribution in [-0.4, -0.2) is 29.1 Å². The average Bonchev–Trinajstić information content (AvgIpc) is 2.34. The van der Waals surface area contributed by atoms with Gasteiger partial charge in [-0.3, -0.25) is 4.79 Å². The van der Waals surface area contributed by atoms with Crippen molar-refractivity contribution >= 4 is 28.9 Å². The number of ether oxygens (including phenoxy) is 1. The van der Waals surface area contributed by atoms with E-state index in [1.165, 1.54) is 37.9 Å². The first-order chi connectivity index (χ1) is 8.54. The molecule has 0 heterocycles. The van der Waals surface area contributed by atoms with Crippen molar-refractivity contribution in [2.75, 3.05) is 12.9 Å². The van der Waals surface area contributed by atoms with Crippen LogP contribution in [0.15, 0.2) is 24.3 Å². The van der Waals surface area contributed by atoms with Crippen LogP contribution in [0.5, 0.6) is 5.75 Å². The van der Waals surface area contributed by atoms with E-state index in [0.717, 1.165) is 5.56 Å². The van der Waals surface area contributed by atoms with E-state index in [1.807, 2.05) is 6.08 Å². The maximum Gasteiger partial charge on any atom is 0.335 e. The summed E-state index contributed by atoms with van der Waals surface area (Å²) in [4.78, 5) is 21.5. The van der Waals surface area contributed by atoms with Gasteiger partial charge in [0, 0.05) is 18.2 Å². The highest BCUT2D eigenvalue weighted by Gasteiger charge is 2.06. The molecule has 0 aromatic heterocycles. The number of carbonyl (C=O) groups excluding carboxylic acids is 1. The van der Waals surface area contributed by atoms with E-state index in [0.29, 0.717) is 11.5 Å². The first-order valence-corrected chi connectivity index (χ1v) is 6.24. The molecular formula is C13H14O4S. The minimum absolute atomic E-state index is 0.0628. The zero-order valence-corrected chi connectivity index (χ0v) is 11.0. The van der Waals surface area contributed by atoms with E-state index >= 15 is 0 Å². The van der Waals surface area contributed by atoms with Crippen molar-refractivity contribution in [1.82, 2.24) is 0 Å². The molecule has 0 fully saturated rings. The zero-order valence-electron chi connectivity index (χ0n) is 10.2. The van der Waals surface area contributed by atoms with Crippen molar-refractivity contribution in [3.05, 3.63) is 35.4 Å². The van der Waals surface area contributed by atoms with Crippen molar-refractivity contribution in [3.8, 4) is 5.75 Å². The standard InChI is InChI=1S/C13H14O4S/c1-9(14)18-7-3-4-10-5-6-11(13(15)16)8-12(10)17-2/h3-6,8H,7H2,1-2H3,(H,15,16). The minimum atomic E-state index is -0.990. The fourth-order valence-electron chi connectivity index (χ4n) is 1.32. The molecule has 0 aliphatic rings. The van der Waals surface area contributed by atoms with Gasteiger partial charge < -0.3 is 9.84 Å². The molecular weight excluding hydrogens is 252 g/mol. The van der Waals surface area contributed by atoms with Crippen LogP contribution in [0.3, 0.4) is 0 Å². The molecule has 0 unspecified atom stereocenters. The number of benzene rings is 1. The van der Waals surface area contributed by atoms with Crippen LogP contribution in [0.25, 0.3) is 6.08 Å². The molecule has 0 aliphatic carbocycles. The van der Waals surface area contributed by atoms with Crippen LogP contribution >= 0.6 is 11.8 Å². The summed E-state index contributed by atoms with van der Waals surface area (Å²) < 4.78 is 5.13. The fraction of sp³-hybridized carbons (Fsp3) is 0.231. The number of aromatic carboxylic acids is 1. The summed E-state index contributed by atoms with van der Waals surface area (Å²) in [5.74, 6) is 0.0917. The summed E-state index contributed by atoms with van der Waals surface area (Å²) in [5, 5.41) is 8.92. The van der Waals surface area contributed by atoms with Crippen LogP contribution in [0.4, 0.5) is 0 Å². The van der Waals surface area contributed by atoms with Gasteiger partial charge in [-0.15, -0.1) is 0 Å². The topological polar surface area (TPSA) is 63.6 Å². The third-order valence-electron chi connectivity index (χ3n) is 2.16. The Morgan fingerprint density at radius 1 is 1.44 bits per heavy atom. The van der Waals surface area contributed by atoms with E-state index in [9.17, 15) is 9.59 Å². The van der Waals surface area contributed by atoms with Gasteiger partial charge in [-0.2, -0.15) is 0 Å². The summed E-state index contributed by atoms with van der Waals surface area (Å²) in [7, 11) is 1.49. The molecule has 4 nitrogen and oxygen atoms in total. The Labute approximate surface area is 110 Å². The van der Waals surface area contributed by atoms with Crippen molar-refractivity contribution < 1.29 is 19.4 Å². The van der Waals surface area contributed by atoms with Gasteiger partial charge in [-0.1, -0.05) is 30.0 Å². The second-order valence-electron chi connectivity index (χ2n) is 3.47. The molecule has 0 saturated heterocycles. The second-order valence-corrected chi connectivity index (χ2v) is 4.66. The molecule has 0 bridgehead atoms. The van der Waals surface area contributed by atoms with Gasteiger partial charge in [0.1, 0.15) is 5.75 Å². The third kappa shape index (κ3) is 4.25. The molecule has 18 heavy (non-hydrogen) atoms. The lowest BCUT2D eigenvalue weighted by Gasteiger charge is -2.05. The van der Waals surface area contributed by atoms with Crippen LogP contribution in [0, 0.1) is 0 Å². The number of hydrogen-bond donors (Lipinski definition) is 1. The maximum atomic E-state index is 10.8. The molecule has 1 aromatic carbocycles. The molecule has 1 rings (SSSR count). The van der Waals surface area contributed by atoms with Gasteiger partial charge in [-0.25, -0.2) is 4.79 Å². The van der Waals surface area contributed by atoms with E-state index < -0.39 is 5.97 Å². The summed E-state index contributed by atoms with van der Waals surface area (Å²) in [5.41, 5.74) is 0.966. The Hall–Kier alpha value is -1.75. The van der Waals surface area contributed by atoms with Gasteiger partial charge in [0.05, 0.1) is 12.7 Å². The van der Waals surface area contributed by atoms with Crippen molar-refractivity contribution in [3.63, 3.8) is 0 Å². The highest BCUT2D eigenvalue weighted by atomic mass is 32.2. The second kappa shape index (κ2) is 6.86. The average molecular weight is 266 g/mol. The summed E-state index contributed by atoms with van der Waals surface area (Å²) >= 11 is 1.21. The van der Waals surface area contributed by atoms with Gasteiger partial charge in [0.15, 0.2) is 5.12 Å². The summed E-state index contributed by atoms with van der Waals surface area (Å²) in [6.45, 7) is 1.51. The van der Waals surface area contributed by atoms with Crippen molar-refractivity contribution in [2.45, 2.75) is 6.92 Å². The Balaban J connectivity index is 2.82. The molecule has 0 radical (unpaired) electrons. The van der Waals surface area contributed by atoms with Gasteiger partial charge in [-0.05, 0) is 12.1 Å². The first kappa shape index (κ1) is 14.3. The normalized spacial score (nSPS) is 10.6. The number of hydrogen-bond acceptors (Lipinski definition) is 4. The van der Waals surface area contributed by atoms with E-state index in [-0.39, 0.29) is 10.7 Å². The SMILES string of the molecule is COc1cc(C(=O)O)ccc1C=CCSC(C)=O. The number of thioether (sulfide) groups is 1. The number of methoxy groups -OCH3 is 1. The molecule has 1 N–H and O–H groups in total. The highest BCUT2D eigenvalue weighted by molar-refractivity contribution is 8.13. The lowest BCUT2D eigenvalue weighted by atomic mass is 10.1. The quantitative estimate of drug-likeness (QED) is 0.887. The maximum absolute atomic E-state index is 10.8. The van der Waals surface area contributed by atoms with Crippen molar-refractivity contribution in [2.24, 2.45) is 0 Å². The summed E-state index contributed by atoms with van der Waals surface area (Å²) in [6.07, 6.45) is 3.64. The van der Waals surface area contributed by atoms with Crippen LogP contribution in [-0.2, 0) is 4.79 Å². The molecule has 0 aliphatic heterocycles. The number of carboxylic acid groups (broad SMARTS) is 1. The van der Waals surface area contributed by atoms with Crippen LogP contribution < -0.4 is 4.74 Å². The first-order valence-electron chi connectivity index (χ1n) is 5.26. The Kier molecular flexibility index (Phi) is 5.45. The molecule has 0 atom stereocenters. The van der Waals surface area contributed by atoms with Crippen LogP contribution in [0.2, 0.25) is 0 Å². The molecule has 0 saturated carbocycles. The van der Waals surface area contributed by atoms with E-state index in [4.69, 9.17) is 9.84 Å². The van der Waals surface area contributed by atoms with Gasteiger partial charge >= 0.3 is 5.97 Å². The molecule has 0 amide bonds. The van der Waals surface area contributed by atoms with Gasteiger partial charge in [0.2, 0.25) is 0 Å². The van der Waals surface area contributed by atoms with Gasteiger partial charge in [0.25, 0.3) is 0 Å². The minimum Gasteiger partial charge on any atom is -0.496 e. The number of rotatable bonds is 5. The highest BCUT2D eigenvalue weighted by Crippen LogP contribution is 2.22. The smallest absolute Gasteiger partial charge is 0.335 e. The predicted molar refractivity (Wildman–Crippen MR) is 72.1 cm³/mol. The largest absolute Gasteiger partial charge is 0.496 e. The lowest BCUT2D eigenvalue weighted by molar-refractivity contribution is -0.109. The number of carboxylic acids is 1.